The van der Waals surface area contributed by atoms with Gasteiger partial charge >= 0.3 is 0 Å². The van der Waals surface area contributed by atoms with Crippen LogP contribution in [0.5, 0.6) is 5.75 Å². The summed E-state index contributed by atoms with van der Waals surface area (Å²) in [6, 6.07) is 9.12. The quantitative estimate of drug-likeness (QED) is 0.610. The fourth-order valence-corrected chi connectivity index (χ4v) is 5.23. The first-order chi connectivity index (χ1) is 14.9. The van der Waals surface area contributed by atoms with Crippen LogP contribution in [-0.2, 0) is 6.42 Å². The second-order valence-corrected chi connectivity index (χ2v) is 10.1. The number of hydrogen-bond donors (Lipinski definition) is 0. The minimum atomic E-state index is -0.416. The van der Waals surface area contributed by atoms with Crippen LogP contribution in [0.15, 0.2) is 24.5 Å². The van der Waals surface area contributed by atoms with Gasteiger partial charge in [0.15, 0.2) is 10.8 Å². The van der Waals surface area contributed by atoms with Crippen molar-refractivity contribution in [2.75, 3.05) is 19.7 Å². The Labute approximate surface area is 186 Å². The Kier molecular flexibility index (Phi) is 4.83. The normalized spacial score (nSPS) is 16.8. The van der Waals surface area contributed by atoms with E-state index in [-0.39, 0.29) is 6.04 Å². The van der Waals surface area contributed by atoms with E-state index in [0.717, 1.165) is 47.3 Å². The van der Waals surface area contributed by atoms with E-state index < -0.39 is 5.54 Å². The molecular formula is C23H26N6OS. The Bertz CT molecular complexity index is 1170. The van der Waals surface area contributed by atoms with Gasteiger partial charge in [-0.25, -0.2) is 14.6 Å². The van der Waals surface area contributed by atoms with Crippen molar-refractivity contribution in [3.63, 3.8) is 0 Å². The van der Waals surface area contributed by atoms with Crippen molar-refractivity contribution in [2.45, 2.75) is 51.6 Å². The molecule has 8 heteroatoms. The van der Waals surface area contributed by atoms with Gasteiger partial charge in [0.1, 0.15) is 17.6 Å². The molecule has 3 aromatic rings. The average molecular weight is 435 g/mol. The molecule has 1 saturated heterocycles. The summed E-state index contributed by atoms with van der Waals surface area (Å²) < 4.78 is 8.04. The zero-order valence-corrected chi connectivity index (χ0v) is 19.1. The van der Waals surface area contributed by atoms with Gasteiger partial charge in [0.05, 0.1) is 18.4 Å². The number of rotatable bonds is 4. The molecular weight excluding hydrogens is 408 g/mol. The molecule has 0 N–H and O–H groups in total. The highest BCUT2D eigenvalue weighted by Gasteiger charge is 2.38. The molecule has 2 aliphatic heterocycles. The van der Waals surface area contributed by atoms with Crippen molar-refractivity contribution in [2.24, 2.45) is 0 Å². The van der Waals surface area contributed by atoms with Crippen molar-refractivity contribution in [3.05, 3.63) is 35.0 Å². The second kappa shape index (κ2) is 7.43. The molecule has 0 amide bonds. The maximum atomic E-state index is 9.36. The van der Waals surface area contributed by atoms with Gasteiger partial charge < -0.3 is 4.74 Å². The first-order valence-electron chi connectivity index (χ1n) is 10.7. The van der Waals surface area contributed by atoms with Gasteiger partial charge in [-0.15, -0.1) is 11.3 Å². The number of thiazole rings is 1. The number of fused-ring (bicyclic) bond motifs is 3. The van der Waals surface area contributed by atoms with Crippen LogP contribution >= 0.6 is 11.3 Å². The van der Waals surface area contributed by atoms with Gasteiger partial charge in [-0.05, 0) is 45.4 Å². The third-order valence-electron chi connectivity index (χ3n) is 6.22. The molecule has 7 nitrogen and oxygen atoms in total. The monoisotopic (exact) mass is 434 g/mol. The van der Waals surface area contributed by atoms with Gasteiger partial charge in [-0.1, -0.05) is 6.07 Å². The maximum Gasteiger partial charge on any atom is 0.187 e. The Morgan fingerprint density at radius 2 is 2.10 bits per heavy atom. The molecule has 0 spiro atoms. The minimum Gasteiger partial charge on any atom is -0.492 e. The van der Waals surface area contributed by atoms with Crippen LogP contribution in [0.4, 0.5) is 0 Å². The molecule has 2 aromatic heterocycles. The minimum absolute atomic E-state index is 0.229. The number of nitrogens with zero attached hydrogens (tertiary/aromatic N) is 6. The third-order valence-corrected chi connectivity index (χ3v) is 7.33. The predicted molar refractivity (Wildman–Crippen MR) is 120 cm³/mol. The van der Waals surface area contributed by atoms with Crippen LogP contribution in [0, 0.1) is 11.3 Å². The third kappa shape index (κ3) is 3.42. The first-order valence-corrected chi connectivity index (χ1v) is 11.5. The van der Waals surface area contributed by atoms with E-state index >= 15 is 0 Å². The van der Waals surface area contributed by atoms with Gasteiger partial charge in [0.25, 0.3) is 0 Å². The molecule has 1 fully saturated rings. The Balaban J connectivity index is 1.45. The lowest BCUT2D eigenvalue weighted by Gasteiger charge is -2.46. The standard InChI is InChI=1S/C23H26N6OS/c1-14(2)29-21(25-13-26-29)22-27-20-17-6-5-15(9-18(17)30-8-7-19(20)31-22)16-10-28(11-16)23(3,4)12-24/h5-6,9,13-14,16H,7-8,10-11H2,1-4H3. The lowest BCUT2D eigenvalue weighted by molar-refractivity contribution is 0.0696. The van der Waals surface area contributed by atoms with Crippen LogP contribution in [0.25, 0.3) is 22.1 Å². The van der Waals surface area contributed by atoms with Crippen LogP contribution in [0.3, 0.4) is 0 Å². The van der Waals surface area contributed by atoms with E-state index in [1.54, 1.807) is 17.7 Å². The molecule has 2 aliphatic rings. The summed E-state index contributed by atoms with van der Waals surface area (Å²) in [4.78, 5) is 12.9. The average Bonchev–Trinajstić information content (AvgIpc) is 3.31. The number of ether oxygens (including phenoxy) is 1. The smallest absolute Gasteiger partial charge is 0.187 e. The van der Waals surface area contributed by atoms with Crippen LogP contribution in [0.2, 0.25) is 0 Å². The Morgan fingerprint density at radius 3 is 2.84 bits per heavy atom. The summed E-state index contributed by atoms with van der Waals surface area (Å²) in [6.45, 7) is 10.6. The molecule has 0 atom stereocenters. The zero-order chi connectivity index (χ0) is 21.8. The van der Waals surface area contributed by atoms with Crippen molar-refractivity contribution in [3.8, 4) is 33.9 Å². The Morgan fingerprint density at radius 1 is 1.29 bits per heavy atom. The molecule has 5 rings (SSSR count). The summed E-state index contributed by atoms with van der Waals surface area (Å²) in [5.41, 5.74) is 2.89. The molecule has 31 heavy (non-hydrogen) atoms. The van der Waals surface area contributed by atoms with Crippen molar-refractivity contribution >= 4 is 11.3 Å². The predicted octanol–water partition coefficient (Wildman–Crippen LogP) is 4.29. The second-order valence-electron chi connectivity index (χ2n) is 9.04. The molecule has 1 aromatic carbocycles. The lowest BCUT2D eigenvalue weighted by Crippen LogP contribution is -2.55. The summed E-state index contributed by atoms with van der Waals surface area (Å²) in [5, 5.41) is 14.6. The zero-order valence-electron chi connectivity index (χ0n) is 18.3. The lowest BCUT2D eigenvalue weighted by atomic mass is 9.86. The van der Waals surface area contributed by atoms with Crippen LogP contribution < -0.4 is 4.74 Å². The number of likely N-dealkylation sites (tertiary alicyclic amines) is 1. The summed E-state index contributed by atoms with van der Waals surface area (Å²) in [7, 11) is 0. The topological polar surface area (TPSA) is 79.9 Å². The molecule has 0 radical (unpaired) electrons. The van der Waals surface area contributed by atoms with E-state index in [2.05, 4.69) is 53.1 Å². The highest BCUT2D eigenvalue weighted by Crippen LogP contribution is 2.42. The van der Waals surface area contributed by atoms with Gasteiger partial charge in [0.2, 0.25) is 0 Å². The van der Waals surface area contributed by atoms with Crippen molar-refractivity contribution in [1.29, 1.82) is 5.26 Å². The SMILES string of the molecule is CC(C)n1ncnc1-c1nc2c(s1)CCOc1cc(C3CN(C(C)(C)C#N)C3)ccc1-2. The van der Waals surface area contributed by atoms with E-state index in [1.807, 2.05) is 18.5 Å². The largest absolute Gasteiger partial charge is 0.492 e. The van der Waals surface area contributed by atoms with E-state index in [9.17, 15) is 5.26 Å². The summed E-state index contributed by atoms with van der Waals surface area (Å²) in [6.07, 6.45) is 2.43. The summed E-state index contributed by atoms with van der Waals surface area (Å²) in [5.74, 6) is 2.15. The maximum absolute atomic E-state index is 9.36. The first kappa shape index (κ1) is 20.2. The Hall–Kier alpha value is -2.76. The highest BCUT2D eigenvalue weighted by molar-refractivity contribution is 7.15. The number of aromatic nitrogens is 4. The molecule has 0 aliphatic carbocycles. The fraction of sp³-hybridized carbons (Fsp3) is 0.478. The fourth-order valence-electron chi connectivity index (χ4n) is 4.19. The number of nitriles is 1. The number of benzene rings is 1. The molecule has 4 heterocycles. The van der Waals surface area contributed by atoms with Crippen LogP contribution in [-0.4, -0.2) is 49.9 Å². The van der Waals surface area contributed by atoms with Gasteiger partial charge in [0, 0.05) is 41.9 Å². The van der Waals surface area contributed by atoms with Gasteiger partial charge in [-0.3, -0.25) is 4.90 Å². The van der Waals surface area contributed by atoms with E-state index in [1.165, 1.54) is 10.4 Å². The van der Waals surface area contributed by atoms with Crippen molar-refractivity contribution in [1.82, 2.24) is 24.6 Å². The van der Waals surface area contributed by atoms with E-state index in [4.69, 9.17) is 9.72 Å². The number of hydrogen-bond acceptors (Lipinski definition) is 7. The molecule has 160 valence electrons. The highest BCUT2D eigenvalue weighted by atomic mass is 32.1. The van der Waals surface area contributed by atoms with Crippen molar-refractivity contribution < 1.29 is 4.74 Å². The molecule has 0 bridgehead atoms. The van der Waals surface area contributed by atoms with Gasteiger partial charge in [-0.2, -0.15) is 10.4 Å². The molecule has 0 saturated carbocycles. The summed E-state index contributed by atoms with van der Waals surface area (Å²) >= 11 is 1.68. The van der Waals surface area contributed by atoms with Crippen LogP contribution in [0.1, 0.15) is 50.1 Å². The molecule has 0 unspecified atom stereocenters. The van der Waals surface area contributed by atoms with E-state index in [0.29, 0.717) is 12.5 Å².